The van der Waals surface area contributed by atoms with Crippen LogP contribution in [0.3, 0.4) is 0 Å². The molecule has 3 heteroatoms. The second kappa shape index (κ2) is 10.6. The third kappa shape index (κ3) is 8.86. The molecule has 0 aromatic heterocycles. The molecule has 0 spiro atoms. The van der Waals surface area contributed by atoms with E-state index >= 15 is 0 Å². The zero-order valence-electron chi connectivity index (χ0n) is 9.45. The number of quaternary nitrogens is 1. The Labute approximate surface area is 93.6 Å². The Hall–Kier alpha value is 0.540. The Morgan fingerprint density at radius 1 is 0.923 bits per heavy atom. The van der Waals surface area contributed by atoms with E-state index in [0.29, 0.717) is 0 Å². The quantitative estimate of drug-likeness (QED) is 0.484. The van der Waals surface area contributed by atoms with Crippen molar-refractivity contribution in [3.8, 4) is 0 Å². The van der Waals surface area contributed by atoms with Crippen LogP contribution in [0.2, 0.25) is 0 Å². The summed E-state index contributed by atoms with van der Waals surface area (Å²) in [5.41, 5.74) is 0. The van der Waals surface area contributed by atoms with Crippen LogP contribution in [0.1, 0.15) is 26.7 Å². The summed E-state index contributed by atoms with van der Waals surface area (Å²) in [4.78, 5) is 0. The van der Waals surface area contributed by atoms with Gasteiger partial charge in [0.2, 0.25) is 0 Å². The molecule has 1 nitrogen and oxygen atoms in total. The van der Waals surface area contributed by atoms with E-state index in [1.165, 1.54) is 32.3 Å². The van der Waals surface area contributed by atoms with Gasteiger partial charge in [0, 0.05) is 6.38 Å². The molecule has 0 amide bonds. The maximum Gasteiger partial charge on any atom is 0.0922 e. The van der Waals surface area contributed by atoms with Gasteiger partial charge in [-0.3, -0.25) is 0 Å². The fourth-order valence-corrected chi connectivity index (χ4v) is 2.03. The lowest BCUT2D eigenvalue weighted by atomic mass is 10.3. The molecule has 82 valence electrons. The number of hydrogen-bond donors (Lipinski definition) is 0. The Bertz CT molecular complexity index is 79.9. The first-order valence-electron chi connectivity index (χ1n) is 4.96. The van der Waals surface area contributed by atoms with Gasteiger partial charge in [-0.2, -0.15) is 0 Å². The van der Waals surface area contributed by atoms with Crippen molar-refractivity contribution < 1.29 is 4.48 Å². The third-order valence-corrected chi connectivity index (χ3v) is 2.32. The van der Waals surface area contributed by atoms with E-state index in [4.69, 9.17) is 11.6 Å². The monoisotopic (exact) mass is 228 g/mol. The Morgan fingerprint density at radius 2 is 1.31 bits per heavy atom. The summed E-state index contributed by atoms with van der Waals surface area (Å²) in [6.07, 6.45) is 3.99. The van der Waals surface area contributed by atoms with Gasteiger partial charge >= 0.3 is 0 Å². The lowest BCUT2D eigenvalue weighted by Crippen LogP contribution is -2.46. The summed E-state index contributed by atoms with van der Waals surface area (Å²) in [5, 5.41) is 0. The largest absolute Gasteiger partial charge is 0.325 e. The number of hydrogen-bond acceptors (Lipinski definition) is 0. The van der Waals surface area contributed by atoms with Crippen LogP contribution in [0.5, 0.6) is 0 Å². The van der Waals surface area contributed by atoms with Gasteiger partial charge in [0.05, 0.1) is 32.6 Å². The summed E-state index contributed by atoms with van der Waals surface area (Å²) in [6, 6.07) is 0. The van der Waals surface area contributed by atoms with Crippen LogP contribution in [-0.4, -0.2) is 43.4 Å². The zero-order chi connectivity index (χ0) is 10.7. The molecule has 0 bridgehead atoms. The standard InChI is InChI=1S/C9H21ClN.CH3Cl/c1-4-7-11(3,8-5-2)9-6-10;1-2/h4-9H2,1-3H3;1H3/q+1;. The van der Waals surface area contributed by atoms with Gasteiger partial charge < -0.3 is 4.48 Å². The van der Waals surface area contributed by atoms with Crippen LogP contribution >= 0.6 is 23.2 Å². The normalized spacial score (nSPS) is 10.6. The van der Waals surface area contributed by atoms with E-state index in [1.807, 2.05) is 0 Å². The smallest absolute Gasteiger partial charge is 0.0922 e. The summed E-state index contributed by atoms with van der Waals surface area (Å²) < 4.78 is 1.15. The van der Waals surface area contributed by atoms with Gasteiger partial charge in [-0.15, -0.1) is 23.2 Å². The molecule has 0 aromatic rings. The minimum absolute atomic E-state index is 0.788. The highest BCUT2D eigenvalue weighted by Gasteiger charge is 2.17. The number of nitrogens with zero attached hydrogens (tertiary/aromatic N) is 1. The maximum absolute atomic E-state index is 5.74. The number of rotatable bonds is 6. The first kappa shape index (κ1) is 16.0. The fraction of sp³-hybridized carbons (Fsp3) is 1.00. The second-order valence-electron chi connectivity index (χ2n) is 3.48. The van der Waals surface area contributed by atoms with Crippen LogP contribution in [0.15, 0.2) is 0 Å². The van der Waals surface area contributed by atoms with Crippen LogP contribution < -0.4 is 0 Å². The average Bonchev–Trinajstić information content (AvgIpc) is 2.09. The van der Waals surface area contributed by atoms with Gasteiger partial charge in [-0.1, -0.05) is 13.8 Å². The van der Waals surface area contributed by atoms with E-state index < -0.39 is 0 Å². The number of halogens is 2. The van der Waals surface area contributed by atoms with E-state index in [-0.39, 0.29) is 0 Å². The van der Waals surface area contributed by atoms with Gasteiger partial charge in [-0.05, 0) is 12.8 Å². The predicted octanol–water partition coefficient (Wildman–Crippen LogP) is 3.35. The van der Waals surface area contributed by atoms with Gasteiger partial charge in [0.15, 0.2) is 0 Å². The summed E-state index contributed by atoms with van der Waals surface area (Å²) in [6.45, 7) is 8.12. The molecule has 0 radical (unpaired) electrons. The highest BCUT2D eigenvalue weighted by atomic mass is 35.5. The Morgan fingerprint density at radius 3 is 1.54 bits per heavy atom. The molecule has 0 unspecified atom stereocenters. The fourth-order valence-electron chi connectivity index (χ4n) is 1.62. The highest BCUT2D eigenvalue weighted by Crippen LogP contribution is 2.05. The molecule has 13 heavy (non-hydrogen) atoms. The highest BCUT2D eigenvalue weighted by molar-refractivity contribution is 6.17. The molecule has 0 aliphatic carbocycles. The van der Waals surface area contributed by atoms with Gasteiger partial charge in [0.1, 0.15) is 0 Å². The lowest BCUT2D eigenvalue weighted by molar-refractivity contribution is -0.907. The van der Waals surface area contributed by atoms with E-state index in [0.717, 1.165) is 16.9 Å². The molecule has 0 saturated carbocycles. The summed E-state index contributed by atoms with van der Waals surface area (Å²) in [7, 11) is 2.30. The maximum atomic E-state index is 5.74. The van der Waals surface area contributed by atoms with Crippen molar-refractivity contribution in [2.75, 3.05) is 38.9 Å². The molecular formula is C10H24Cl2N+. The third-order valence-electron chi connectivity index (χ3n) is 2.15. The van der Waals surface area contributed by atoms with Gasteiger partial charge in [-0.25, -0.2) is 0 Å². The Kier molecular flexibility index (Phi) is 13.1. The topological polar surface area (TPSA) is 0 Å². The molecule has 0 aliphatic heterocycles. The van der Waals surface area contributed by atoms with E-state index in [1.54, 1.807) is 0 Å². The van der Waals surface area contributed by atoms with Crippen molar-refractivity contribution in [3.05, 3.63) is 0 Å². The molecule has 0 fully saturated rings. The molecule has 0 saturated heterocycles. The molecule has 0 aromatic carbocycles. The minimum atomic E-state index is 0.788. The molecular weight excluding hydrogens is 205 g/mol. The first-order valence-corrected chi connectivity index (χ1v) is 6.25. The molecule has 0 N–H and O–H groups in total. The minimum Gasteiger partial charge on any atom is -0.325 e. The van der Waals surface area contributed by atoms with Crippen molar-refractivity contribution in [3.63, 3.8) is 0 Å². The molecule has 0 rings (SSSR count). The van der Waals surface area contributed by atoms with Gasteiger partial charge in [0.25, 0.3) is 0 Å². The molecule has 0 atom stereocenters. The second-order valence-corrected chi connectivity index (χ2v) is 3.86. The predicted molar refractivity (Wildman–Crippen MR) is 63.9 cm³/mol. The van der Waals surface area contributed by atoms with Crippen LogP contribution in [0.25, 0.3) is 0 Å². The van der Waals surface area contributed by atoms with Crippen molar-refractivity contribution in [1.82, 2.24) is 0 Å². The van der Waals surface area contributed by atoms with Crippen molar-refractivity contribution in [2.24, 2.45) is 0 Å². The summed E-state index contributed by atoms with van der Waals surface area (Å²) >= 11 is 10.4. The van der Waals surface area contributed by atoms with Crippen LogP contribution in [0, 0.1) is 0 Å². The summed E-state index contributed by atoms with van der Waals surface area (Å²) in [5.74, 6) is 0.788. The van der Waals surface area contributed by atoms with Crippen molar-refractivity contribution >= 4 is 23.2 Å². The SMILES string of the molecule is CCC[N+](C)(CCC)CCCl.CCl. The van der Waals surface area contributed by atoms with Crippen molar-refractivity contribution in [2.45, 2.75) is 26.7 Å². The van der Waals surface area contributed by atoms with E-state index in [2.05, 4.69) is 32.5 Å². The molecule has 0 heterocycles. The van der Waals surface area contributed by atoms with Crippen LogP contribution in [0.4, 0.5) is 0 Å². The lowest BCUT2D eigenvalue weighted by Gasteiger charge is -2.33. The Balaban J connectivity index is 0. The zero-order valence-corrected chi connectivity index (χ0v) is 11.0. The first-order chi connectivity index (χ1) is 6.18. The average molecular weight is 229 g/mol. The number of alkyl halides is 2. The van der Waals surface area contributed by atoms with Crippen molar-refractivity contribution in [1.29, 1.82) is 0 Å². The van der Waals surface area contributed by atoms with E-state index in [9.17, 15) is 0 Å². The molecule has 0 aliphatic rings. The van der Waals surface area contributed by atoms with Crippen LogP contribution in [-0.2, 0) is 0 Å².